The van der Waals surface area contributed by atoms with Gasteiger partial charge in [0.05, 0.1) is 0 Å². The first kappa shape index (κ1) is 15.2. The molecule has 0 aliphatic carbocycles. The molecule has 3 nitrogen and oxygen atoms in total. The van der Waals surface area contributed by atoms with E-state index in [2.05, 4.69) is 6.92 Å². The first-order valence-corrected chi connectivity index (χ1v) is 7.20. The van der Waals surface area contributed by atoms with Gasteiger partial charge in [-0.25, -0.2) is 0 Å². The summed E-state index contributed by atoms with van der Waals surface area (Å²) in [5.74, 6) is -0.0410. The molecule has 2 rings (SSSR count). The Morgan fingerprint density at radius 1 is 1.05 bits per heavy atom. The lowest BCUT2D eigenvalue weighted by Gasteiger charge is -2.18. The van der Waals surface area contributed by atoms with Crippen molar-refractivity contribution in [1.82, 2.24) is 0 Å². The number of amides is 1. The summed E-state index contributed by atoms with van der Waals surface area (Å²) >= 11 is 4.92. The number of aryl methyl sites for hydroxylation is 1. The van der Waals surface area contributed by atoms with Crippen LogP contribution >= 0.6 is 12.2 Å². The van der Waals surface area contributed by atoms with Gasteiger partial charge in [-0.2, -0.15) is 0 Å². The van der Waals surface area contributed by atoms with Crippen LogP contribution in [0.4, 0.5) is 5.69 Å². The van der Waals surface area contributed by atoms with Crippen LogP contribution in [0.2, 0.25) is 0 Å². The van der Waals surface area contributed by atoms with Crippen molar-refractivity contribution in [2.75, 3.05) is 11.9 Å². The summed E-state index contributed by atoms with van der Waals surface area (Å²) in [6, 6.07) is 15.0. The topological polar surface area (TPSA) is 46.3 Å². The highest BCUT2D eigenvalue weighted by Crippen LogP contribution is 2.17. The van der Waals surface area contributed by atoms with E-state index in [1.807, 2.05) is 48.5 Å². The molecule has 0 heterocycles. The van der Waals surface area contributed by atoms with Crippen LogP contribution in [0.5, 0.6) is 0 Å². The summed E-state index contributed by atoms with van der Waals surface area (Å²) < 4.78 is 0. The third kappa shape index (κ3) is 3.47. The maximum absolute atomic E-state index is 12.4. The number of benzene rings is 2. The summed E-state index contributed by atoms with van der Waals surface area (Å²) in [6.07, 6.45) is 0.963. The van der Waals surface area contributed by atoms with Gasteiger partial charge in [0, 0.05) is 23.9 Å². The molecule has 108 valence electrons. The van der Waals surface area contributed by atoms with E-state index in [4.69, 9.17) is 18.0 Å². The summed E-state index contributed by atoms with van der Waals surface area (Å²) in [5, 5.41) is 0. The first-order valence-electron chi connectivity index (χ1n) is 6.79. The second-order valence-corrected chi connectivity index (χ2v) is 5.27. The number of nitrogens with zero attached hydrogens (tertiary/aromatic N) is 1. The molecule has 0 aromatic heterocycles. The van der Waals surface area contributed by atoms with Crippen LogP contribution < -0.4 is 10.6 Å². The summed E-state index contributed by atoms with van der Waals surface area (Å²) in [7, 11) is 1.76. The van der Waals surface area contributed by atoms with Crippen LogP contribution in [0, 0.1) is 0 Å². The minimum absolute atomic E-state index is 0.0410. The highest BCUT2D eigenvalue weighted by molar-refractivity contribution is 7.80. The van der Waals surface area contributed by atoms with Crippen LogP contribution in [0.1, 0.15) is 28.4 Å². The summed E-state index contributed by atoms with van der Waals surface area (Å²) in [5.41, 5.74) is 9.06. The van der Waals surface area contributed by atoms with Crippen LogP contribution in [-0.4, -0.2) is 17.9 Å². The number of anilines is 1. The first-order chi connectivity index (χ1) is 10.0. The van der Waals surface area contributed by atoms with Gasteiger partial charge in [-0.15, -0.1) is 0 Å². The fraction of sp³-hybridized carbons (Fsp3) is 0.176. The normalized spacial score (nSPS) is 10.2. The Balaban J connectivity index is 2.19. The van der Waals surface area contributed by atoms with E-state index < -0.39 is 0 Å². The number of carbonyl (C=O) groups is 1. The monoisotopic (exact) mass is 298 g/mol. The second-order valence-electron chi connectivity index (χ2n) is 4.83. The number of hydrogen-bond donors (Lipinski definition) is 1. The molecule has 0 aliphatic heterocycles. The maximum Gasteiger partial charge on any atom is 0.258 e. The molecule has 2 aromatic rings. The van der Waals surface area contributed by atoms with Gasteiger partial charge < -0.3 is 10.6 Å². The van der Waals surface area contributed by atoms with Gasteiger partial charge in [0.25, 0.3) is 5.91 Å². The Labute approximate surface area is 130 Å². The van der Waals surface area contributed by atoms with E-state index in [1.54, 1.807) is 11.9 Å². The molecule has 0 saturated heterocycles. The average molecular weight is 298 g/mol. The fourth-order valence-corrected chi connectivity index (χ4v) is 2.18. The Morgan fingerprint density at radius 3 is 2.05 bits per heavy atom. The zero-order valence-corrected chi connectivity index (χ0v) is 13.0. The molecule has 21 heavy (non-hydrogen) atoms. The smallest absolute Gasteiger partial charge is 0.258 e. The minimum Gasteiger partial charge on any atom is -0.389 e. The molecule has 0 saturated carbocycles. The van der Waals surface area contributed by atoms with E-state index in [1.165, 1.54) is 5.56 Å². The largest absolute Gasteiger partial charge is 0.389 e. The van der Waals surface area contributed by atoms with E-state index in [-0.39, 0.29) is 5.91 Å². The third-order valence-corrected chi connectivity index (χ3v) is 3.69. The number of hydrogen-bond acceptors (Lipinski definition) is 2. The fourth-order valence-electron chi connectivity index (χ4n) is 2.04. The second kappa shape index (κ2) is 6.50. The van der Waals surface area contributed by atoms with Gasteiger partial charge >= 0.3 is 0 Å². The SMILES string of the molecule is CCc1ccc(C(=O)N(C)c2ccc(C(N)=S)cc2)cc1. The molecule has 2 N–H and O–H groups in total. The average Bonchev–Trinajstić information content (AvgIpc) is 2.53. The van der Waals surface area contributed by atoms with Crippen molar-refractivity contribution >= 4 is 28.8 Å². The van der Waals surface area contributed by atoms with Crippen LogP contribution in [0.3, 0.4) is 0 Å². The van der Waals surface area contributed by atoms with Gasteiger partial charge in [0.2, 0.25) is 0 Å². The standard InChI is InChI=1S/C17H18N2OS/c1-3-12-4-6-14(7-5-12)17(20)19(2)15-10-8-13(9-11-15)16(18)21/h4-11H,3H2,1-2H3,(H2,18,21). The van der Waals surface area contributed by atoms with Gasteiger partial charge in [-0.05, 0) is 48.4 Å². The van der Waals surface area contributed by atoms with Crippen molar-refractivity contribution in [2.24, 2.45) is 5.73 Å². The molecule has 0 unspecified atom stereocenters. The van der Waals surface area contributed by atoms with E-state index in [0.717, 1.165) is 17.7 Å². The van der Waals surface area contributed by atoms with E-state index in [9.17, 15) is 4.79 Å². The Kier molecular flexibility index (Phi) is 4.70. The zero-order valence-electron chi connectivity index (χ0n) is 12.2. The van der Waals surface area contributed by atoms with Crippen molar-refractivity contribution in [3.63, 3.8) is 0 Å². The highest BCUT2D eigenvalue weighted by Gasteiger charge is 2.13. The molecule has 0 radical (unpaired) electrons. The lowest BCUT2D eigenvalue weighted by molar-refractivity contribution is 0.0993. The Bertz CT molecular complexity index is 647. The molecule has 0 spiro atoms. The number of thiocarbonyl (C=S) groups is 1. The Morgan fingerprint density at radius 2 is 1.57 bits per heavy atom. The molecule has 0 atom stereocenters. The molecule has 0 fully saturated rings. The Hall–Kier alpha value is -2.20. The van der Waals surface area contributed by atoms with Crippen molar-refractivity contribution in [3.8, 4) is 0 Å². The number of carbonyl (C=O) groups excluding carboxylic acids is 1. The van der Waals surface area contributed by atoms with Crippen molar-refractivity contribution in [2.45, 2.75) is 13.3 Å². The predicted molar refractivity (Wildman–Crippen MR) is 90.9 cm³/mol. The predicted octanol–water partition coefficient (Wildman–Crippen LogP) is 3.16. The number of nitrogens with two attached hydrogens (primary N) is 1. The highest BCUT2D eigenvalue weighted by atomic mass is 32.1. The maximum atomic E-state index is 12.4. The molecular weight excluding hydrogens is 280 g/mol. The molecule has 0 aliphatic rings. The zero-order chi connectivity index (χ0) is 15.4. The van der Waals surface area contributed by atoms with Gasteiger partial charge in [-0.1, -0.05) is 31.3 Å². The van der Waals surface area contributed by atoms with Crippen molar-refractivity contribution in [1.29, 1.82) is 0 Å². The summed E-state index contributed by atoms with van der Waals surface area (Å²) in [4.78, 5) is 14.4. The molecular formula is C17H18N2OS. The van der Waals surface area contributed by atoms with Crippen LogP contribution in [0.15, 0.2) is 48.5 Å². The lowest BCUT2D eigenvalue weighted by atomic mass is 10.1. The molecule has 2 aromatic carbocycles. The van der Waals surface area contributed by atoms with Gasteiger partial charge in [0.1, 0.15) is 4.99 Å². The number of rotatable bonds is 4. The van der Waals surface area contributed by atoms with Gasteiger partial charge in [0.15, 0.2) is 0 Å². The molecule has 1 amide bonds. The van der Waals surface area contributed by atoms with Crippen LogP contribution in [-0.2, 0) is 6.42 Å². The van der Waals surface area contributed by atoms with Gasteiger partial charge in [-0.3, -0.25) is 4.79 Å². The summed E-state index contributed by atoms with van der Waals surface area (Å²) in [6.45, 7) is 2.09. The lowest BCUT2D eigenvalue weighted by Crippen LogP contribution is -2.26. The van der Waals surface area contributed by atoms with Crippen LogP contribution in [0.25, 0.3) is 0 Å². The van der Waals surface area contributed by atoms with Crippen molar-refractivity contribution < 1.29 is 4.79 Å². The molecule has 4 heteroatoms. The minimum atomic E-state index is -0.0410. The molecule has 0 bridgehead atoms. The quantitative estimate of drug-likeness (QED) is 0.882. The van der Waals surface area contributed by atoms with E-state index >= 15 is 0 Å². The third-order valence-electron chi connectivity index (χ3n) is 3.45. The van der Waals surface area contributed by atoms with E-state index in [0.29, 0.717) is 10.6 Å². The van der Waals surface area contributed by atoms with Crippen molar-refractivity contribution in [3.05, 3.63) is 65.2 Å².